The van der Waals surface area contributed by atoms with Gasteiger partial charge in [0.1, 0.15) is 0 Å². The van der Waals surface area contributed by atoms with Crippen LogP contribution in [0.5, 0.6) is 0 Å². The molecule has 1 saturated heterocycles. The van der Waals surface area contributed by atoms with E-state index in [1.165, 1.54) is 51.6 Å². The van der Waals surface area contributed by atoms with Crippen molar-refractivity contribution in [1.82, 2.24) is 4.90 Å². The highest BCUT2D eigenvalue weighted by atomic mass is 15.2. The monoisotopic (exact) mass is 212 g/mol. The predicted octanol–water partition coefficient (Wildman–Crippen LogP) is 2.63. The summed E-state index contributed by atoms with van der Waals surface area (Å²) >= 11 is 0. The zero-order chi connectivity index (χ0) is 11.1. The molecular formula is C13H28N2. The number of likely N-dealkylation sites (tertiary alicyclic amines) is 1. The zero-order valence-corrected chi connectivity index (χ0v) is 10.5. The van der Waals surface area contributed by atoms with Crippen molar-refractivity contribution in [2.24, 2.45) is 11.7 Å². The molecule has 0 aromatic rings. The van der Waals surface area contributed by atoms with Gasteiger partial charge in [-0.25, -0.2) is 0 Å². The van der Waals surface area contributed by atoms with Crippen molar-refractivity contribution in [2.75, 3.05) is 19.6 Å². The average Bonchev–Trinajstić information content (AvgIpc) is 2.29. The summed E-state index contributed by atoms with van der Waals surface area (Å²) in [7, 11) is 0. The van der Waals surface area contributed by atoms with E-state index in [-0.39, 0.29) is 0 Å². The van der Waals surface area contributed by atoms with Gasteiger partial charge in [0.25, 0.3) is 0 Å². The number of piperidine rings is 1. The summed E-state index contributed by atoms with van der Waals surface area (Å²) in [6.07, 6.45) is 8.06. The highest BCUT2D eigenvalue weighted by molar-refractivity contribution is 4.79. The number of nitrogens with two attached hydrogens (primary N) is 1. The number of rotatable bonds is 6. The molecule has 90 valence electrons. The molecule has 0 aromatic heterocycles. The Bertz CT molecular complexity index is 153. The molecule has 1 aliphatic heterocycles. The maximum absolute atomic E-state index is 5.79. The van der Waals surface area contributed by atoms with Crippen LogP contribution >= 0.6 is 0 Å². The maximum Gasteiger partial charge on any atom is 0.00951 e. The number of nitrogens with zero attached hydrogens (tertiary/aromatic N) is 1. The van der Waals surface area contributed by atoms with Crippen LogP contribution in [0, 0.1) is 5.92 Å². The smallest absolute Gasteiger partial charge is 0.00951 e. The molecular weight excluding hydrogens is 184 g/mol. The van der Waals surface area contributed by atoms with Crippen LogP contribution in [0.1, 0.15) is 52.4 Å². The lowest BCUT2D eigenvalue weighted by atomic mass is 9.94. The normalized spacial score (nSPS) is 23.6. The molecule has 0 radical (unpaired) electrons. The van der Waals surface area contributed by atoms with Crippen LogP contribution in [-0.4, -0.2) is 30.6 Å². The van der Waals surface area contributed by atoms with Crippen molar-refractivity contribution in [3.63, 3.8) is 0 Å². The fourth-order valence-corrected chi connectivity index (χ4v) is 2.80. The first kappa shape index (κ1) is 13.0. The second kappa shape index (κ2) is 7.24. The molecule has 0 amide bonds. The van der Waals surface area contributed by atoms with E-state index in [1.54, 1.807) is 0 Å². The van der Waals surface area contributed by atoms with Gasteiger partial charge in [-0.3, -0.25) is 0 Å². The molecule has 1 fully saturated rings. The predicted molar refractivity (Wildman–Crippen MR) is 67.0 cm³/mol. The second-order valence-corrected chi connectivity index (χ2v) is 4.97. The standard InChI is InChI=1S/C13H28N2/c1-3-6-13(7-4-2)15-9-5-8-12(10-14)11-15/h12-13H,3-11,14H2,1-2H3. The van der Waals surface area contributed by atoms with Gasteiger partial charge in [-0.1, -0.05) is 26.7 Å². The van der Waals surface area contributed by atoms with Crippen molar-refractivity contribution >= 4 is 0 Å². The van der Waals surface area contributed by atoms with Gasteiger partial charge >= 0.3 is 0 Å². The Hall–Kier alpha value is -0.0800. The van der Waals surface area contributed by atoms with Crippen LogP contribution in [0.3, 0.4) is 0 Å². The van der Waals surface area contributed by atoms with Gasteiger partial charge in [-0.2, -0.15) is 0 Å². The van der Waals surface area contributed by atoms with Gasteiger partial charge in [-0.05, 0) is 44.7 Å². The molecule has 0 bridgehead atoms. The molecule has 0 aromatic carbocycles. The van der Waals surface area contributed by atoms with Crippen LogP contribution < -0.4 is 5.73 Å². The Morgan fingerprint density at radius 1 is 1.27 bits per heavy atom. The lowest BCUT2D eigenvalue weighted by Gasteiger charge is -2.38. The molecule has 15 heavy (non-hydrogen) atoms. The van der Waals surface area contributed by atoms with E-state index in [4.69, 9.17) is 5.73 Å². The van der Waals surface area contributed by atoms with Crippen LogP contribution in [0.2, 0.25) is 0 Å². The largest absolute Gasteiger partial charge is 0.330 e. The minimum Gasteiger partial charge on any atom is -0.330 e. The minimum absolute atomic E-state index is 0.759. The Morgan fingerprint density at radius 2 is 1.93 bits per heavy atom. The number of hydrogen-bond donors (Lipinski definition) is 1. The third kappa shape index (κ3) is 4.12. The lowest BCUT2D eigenvalue weighted by Crippen LogP contribution is -2.44. The number of hydrogen-bond acceptors (Lipinski definition) is 2. The molecule has 1 unspecified atom stereocenters. The van der Waals surface area contributed by atoms with E-state index in [9.17, 15) is 0 Å². The van der Waals surface area contributed by atoms with Gasteiger partial charge in [0.15, 0.2) is 0 Å². The van der Waals surface area contributed by atoms with E-state index in [0.29, 0.717) is 0 Å². The van der Waals surface area contributed by atoms with Gasteiger partial charge in [0, 0.05) is 12.6 Å². The summed E-state index contributed by atoms with van der Waals surface area (Å²) in [6.45, 7) is 8.03. The molecule has 1 rings (SSSR count). The topological polar surface area (TPSA) is 29.3 Å². The molecule has 1 aliphatic rings. The Kier molecular flexibility index (Phi) is 6.26. The molecule has 1 heterocycles. The second-order valence-electron chi connectivity index (χ2n) is 4.97. The molecule has 2 N–H and O–H groups in total. The zero-order valence-electron chi connectivity index (χ0n) is 10.5. The summed E-state index contributed by atoms with van der Waals surface area (Å²) in [4.78, 5) is 2.70. The van der Waals surface area contributed by atoms with Crippen molar-refractivity contribution in [1.29, 1.82) is 0 Å². The van der Waals surface area contributed by atoms with Crippen molar-refractivity contribution < 1.29 is 0 Å². The Morgan fingerprint density at radius 3 is 2.47 bits per heavy atom. The highest BCUT2D eigenvalue weighted by Gasteiger charge is 2.23. The highest BCUT2D eigenvalue weighted by Crippen LogP contribution is 2.21. The first-order chi connectivity index (χ1) is 7.31. The SMILES string of the molecule is CCCC(CCC)N1CCCC(CN)C1. The van der Waals surface area contributed by atoms with E-state index in [1.807, 2.05) is 0 Å². The van der Waals surface area contributed by atoms with Crippen molar-refractivity contribution in [3.05, 3.63) is 0 Å². The van der Waals surface area contributed by atoms with E-state index in [0.717, 1.165) is 18.5 Å². The summed E-state index contributed by atoms with van der Waals surface area (Å²) in [5.41, 5.74) is 5.79. The summed E-state index contributed by atoms with van der Waals surface area (Å²) < 4.78 is 0. The van der Waals surface area contributed by atoms with Crippen LogP contribution in [0.25, 0.3) is 0 Å². The molecule has 1 atom stereocenters. The molecule has 0 aliphatic carbocycles. The molecule has 0 spiro atoms. The first-order valence-corrected chi connectivity index (χ1v) is 6.75. The average molecular weight is 212 g/mol. The van der Waals surface area contributed by atoms with Gasteiger partial charge < -0.3 is 10.6 Å². The van der Waals surface area contributed by atoms with Crippen LogP contribution in [0.15, 0.2) is 0 Å². The van der Waals surface area contributed by atoms with E-state index < -0.39 is 0 Å². The summed E-state index contributed by atoms with van der Waals surface area (Å²) in [5.74, 6) is 0.759. The van der Waals surface area contributed by atoms with E-state index >= 15 is 0 Å². The van der Waals surface area contributed by atoms with Crippen LogP contribution in [0.4, 0.5) is 0 Å². The fourth-order valence-electron chi connectivity index (χ4n) is 2.80. The van der Waals surface area contributed by atoms with Gasteiger partial charge in [-0.15, -0.1) is 0 Å². The lowest BCUT2D eigenvalue weighted by molar-refractivity contribution is 0.113. The first-order valence-electron chi connectivity index (χ1n) is 6.75. The van der Waals surface area contributed by atoms with Crippen molar-refractivity contribution in [3.8, 4) is 0 Å². The fraction of sp³-hybridized carbons (Fsp3) is 1.00. The Labute approximate surface area is 95.2 Å². The molecule has 0 saturated carbocycles. The third-order valence-corrected chi connectivity index (χ3v) is 3.64. The minimum atomic E-state index is 0.759. The quantitative estimate of drug-likeness (QED) is 0.733. The van der Waals surface area contributed by atoms with E-state index in [2.05, 4.69) is 18.7 Å². The Balaban J connectivity index is 2.42. The van der Waals surface area contributed by atoms with Crippen LogP contribution in [-0.2, 0) is 0 Å². The van der Waals surface area contributed by atoms with Gasteiger partial charge in [0.05, 0.1) is 0 Å². The maximum atomic E-state index is 5.79. The summed E-state index contributed by atoms with van der Waals surface area (Å²) in [6, 6.07) is 0.828. The third-order valence-electron chi connectivity index (χ3n) is 3.64. The van der Waals surface area contributed by atoms with Crippen molar-refractivity contribution in [2.45, 2.75) is 58.4 Å². The summed E-state index contributed by atoms with van der Waals surface area (Å²) in [5, 5.41) is 0. The molecule has 2 heteroatoms. The molecule has 2 nitrogen and oxygen atoms in total. The van der Waals surface area contributed by atoms with Gasteiger partial charge in [0.2, 0.25) is 0 Å².